The minimum absolute atomic E-state index is 0.149. The summed E-state index contributed by atoms with van der Waals surface area (Å²) < 4.78 is 1.75. The van der Waals surface area contributed by atoms with Crippen LogP contribution in [0.3, 0.4) is 0 Å². The molecule has 1 aliphatic heterocycles. The molecule has 1 amide bonds. The number of aromatic nitrogens is 4. The zero-order chi connectivity index (χ0) is 17.8. The van der Waals surface area contributed by atoms with Gasteiger partial charge in [-0.1, -0.05) is 30.0 Å². The zero-order valence-electron chi connectivity index (χ0n) is 14.9. The van der Waals surface area contributed by atoms with Crippen LogP contribution in [0.2, 0.25) is 0 Å². The topological polar surface area (TPSA) is 67.2 Å². The van der Waals surface area contributed by atoms with Crippen LogP contribution in [0.15, 0.2) is 35.5 Å². The van der Waals surface area contributed by atoms with Gasteiger partial charge in [0.05, 0.1) is 11.3 Å². The van der Waals surface area contributed by atoms with Gasteiger partial charge in [0.1, 0.15) is 0 Å². The first kappa shape index (κ1) is 17.7. The summed E-state index contributed by atoms with van der Waals surface area (Å²) in [6.07, 6.45) is 0. The molecule has 3 rings (SSSR count). The summed E-state index contributed by atoms with van der Waals surface area (Å²) in [6, 6.07) is 10.5. The maximum Gasteiger partial charge on any atom is 0.236 e. The number of carbonyl (C=O) groups excluding carboxylic acids is 1. The molecule has 8 heteroatoms. The minimum atomic E-state index is -0.202. The number of hydrogen-bond acceptors (Lipinski definition) is 6. The molecule has 7 nitrogen and oxygen atoms in total. The Balaban J connectivity index is 1.56. The van der Waals surface area contributed by atoms with Gasteiger partial charge >= 0.3 is 0 Å². The van der Waals surface area contributed by atoms with Gasteiger partial charge < -0.3 is 9.80 Å². The van der Waals surface area contributed by atoms with Crippen molar-refractivity contribution in [1.29, 1.82) is 0 Å². The number of amides is 1. The molecular formula is C17H24N6OS. The van der Waals surface area contributed by atoms with E-state index in [1.807, 2.05) is 43.9 Å². The number of anilines is 1. The van der Waals surface area contributed by atoms with Crippen molar-refractivity contribution in [2.24, 2.45) is 0 Å². The predicted molar refractivity (Wildman–Crippen MR) is 98.8 cm³/mol. The number of carbonyl (C=O) groups is 1. The highest BCUT2D eigenvalue weighted by Gasteiger charge is 2.27. The summed E-state index contributed by atoms with van der Waals surface area (Å²) in [6.45, 7) is 9.18. The maximum absolute atomic E-state index is 12.8. The van der Waals surface area contributed by atoms with Gasteiger partial charge in [0.15, 0.2) is 0 Å². The Kier molecular flexibility index (Phi) is 5.57. The normalized spacial score (nSPS) is 16.3. The van der Waals surface area contributed by atoms with Crippen LogP contribution in [0.25, 0.3) is 0 Å². The molecule has 2 heterocycles. The van der Waals surface area contributed by atoms with E-state index in [9.17, 15) is 4.79 Å². The molecule has 25 heavy (non-hydrogen) atoms. The molecule has 0 N–H and O–H groups in total. The van der Waals surface area contributed by atoms with Crippen molar-refractivity contribution in [3.05, 3.63) is 30.3 Å². The number of nitrogens with zero attached hydrogens (tertiary/aromatic N) is 6. The van der Waals surface area contributed by atoms with Crippen molar-refractivity contribution in [2.45, 2.75) is 37.2 Å². The highest BCUT2D eigenvalue weighted by atomic mass is 32.2. The van der Waals surface area contributed by atoms with Gasteiger partial charge in [-0.15, -0.1) is 5.10 Å². The highest BCUT2D eigenvalue weighted by molar-refractivity contribution is 8.00. The number of hydrogen-bond donors (Lipinski definition) is 0. The second kappa shape index (κ2) is 7.86. The fraction of sp³-hybridized carbons (Fsp3) is 0.529. The second-order valence-corrected chi connectivity index (χ2v) is 7.72. The molecule has 1 aliphatic rings. The van der Waals surface area contributed by atoms with Gasteiger partial charge in [-0.05, 0) is 43.3 Å². The lowest BCUT2D eigenvalue weighted by Gasteiger charge is -2.37. The largest absolute Gasteiger partial charge is 0.368 e. The first-order valence-electron chi connectivity index (χ1n) is 8.59. The van der Waals surface area contributed by atoms with E-state index in [0.29, 0.717) is 5.16 Å². The number of tetrazole rings is 1. The fourth-order valence-electron chi connectivity index (χ4n) is 2.88. The Morgan fingerprint density at radius 2 is 1.76 bits per heavy atom. The van der Waals surface area contributed by atoms with Crippen molar-refractivity contribution < 1.29 is 4.79 Å². The van der Waals surface area contributed by atoms with Gasteiger partial charge in [-0.25, -0.2) is 4.68 Å². The molecule has 0 radical (unpaired) electrons. The molecule has 0 aliphatic carbocycles. The standard InChI is InChI=1S/C17H24N6OS/c1-13(2)23-17(18-19-20-23)25-14(3)16(24)22-11-9-21(10-12-22)15-7-5-4-6-8-15/h4-8,13-14H,9-12H2,1-3H3. The Hall–Kier alpha value is -2.09. The van der Waals surface area contributed by atoms with E-state index in [2.05, 4.69) is 32.6 Å². The summed E-state index contributed by atoms with van der Waals surface area (Å²) in [5.41, 5.74) is 1.22. The van der Waals surface area contributed by atoms with Gasteiger partial charge in [0.2, 0.25) is 11.1 Å². The first-order valence-corrected chi connectivity index (χ1v) is 9.47. The lowest BCUT2D eigenvalue weighted by molar-refractivity contribution is -0.130. The number of benzene rings is 1. The molecule has 134 valence electrons. The molecule has 0 bridgehead atoms. The van der Waals surface area contributed by atoms with Crippen LogP contribution in [0.5, 0.6) is 0 Å². The monoisotopic (exact) mass is 360 g/mol. The lowest BCUT2D eigenvalue weighted by atomic mass is 10.2. The number of rotatable bonds is 5. The predicted octanol–water partition coefficient (Wildman–Crippen LogP) is 2.08. The van der Waals surface area contributed by atoms with Crippen LogP contribution in [-0.4, -0.2) is 62.4 Å². The quantitative estimate of drug-likeness (QED) is 0.761. The third-order valence-corrected chi connectivity index (χ3v) is 5.33. The number of piperazine rings is 1. The molecule has 1 saturated heterocycles. The molecule has 2 aromatic rings. The molecule has 1 aromatic carbocycles. The van der Waals surface area contributed by atoms with Crippen LogP contribution < -0.4 is 4.90 Å². The van der Waals surface area contributed by atoms with Crippen molar-refractivity contribution in [3.8, 4) is 0 Å². The van der Waals surface area contributed by atoms with Crippen LogP contribution in [0.4, 0.5) is 5.69 Å². The maximum atomic E-state index is 12.8. The zero-order valence-corrected chi connectivity index (χ0v) is 15.7. The van der Waals surface area contributed by atoms with E-state index in [4.69, 9.17) is 0 Å². The van der Waals surface area contributed by atoms with Crippen molar-refractivity contribution in [1.82, 2.24) is 25.1 Å². The van der Waals surface area contributed by atoms with Crippen LogP contribution in [0.1, 0.15) is 26.8 Å². The summed E-state index contributed by atoms with van der Waals surface area (Å²) >= 11 is 1.43. The molecule has 1 aromatic heterocycles. The lowest BCUT2D eigenvalue weighted by Crippen LogP contribution is -2.50. The van der Waals surface area contributed by atoms with Crippen LogP contribution in [-0.2, 0) is 4.79 Å². The molecular weight excluding hydrogens is 336 g/mol. The molecule has 0 spiro atoms. The second-order valence-electron chi connectivity index (χ2n) is 6.41. The first-order chi connectivity index (χ1) is 12.1. The average molecular weight is 360 g/mol. The Morgan fingerprint density at radius 3 is 2.40 bits per heavy atom. The SMILES string of the molecule is CC(Sc1nnnn1C(C)C)C(=O)N1CCN(c2ccccc2)CC1. The van der Waals surface area contributed by atoms with E-state index in [-0.39, 0.29) is 17.2 Å². The smallest absolute Gasteiger partial charge is 0.236 e. The summed E-state index contributed by atoms with van der Waals surface area (Å²) in [5.74, 6) is 0.149. The van der Waals surface area contributed by atoms with Gasteiger partial charge in [0, 0.05) is 31.9 Å². The Bertz CT molecular complexity index is 696. The van der Waals surface area contributed by atoms with Crippen molar-refractivity contribution in [2.75, 3.05) is 31.1 Å². The highest BCUT2D eigenvalue weighted by Crippen LogP contribution is 2.24. The van der Waals surface area contributed by atoms with Crippen molar-refractivity contribution in [3.63, 3.8) is 0 Å². The summed E-state index contributed by atoms with van der Waals surface area (Å²) in [7, 11) is 0. The van der Waals surface area contributed by atoms with E-state index in [0.717, 1.165) is 26.2 Å². The van der Waals surface area contributed by atoms with E-state index in [1.165, 1.54) is 17.4 Å². The third-order valence-electron chi connectivity index (χ3n) is 4.29. The van der Waals surface area contributed by atoms with Gasteiger partial charge in [0.25, 0.3) is 0 Å². The fourth-order valence-corrected chi connectivity index (χ4v) is 3.88. The van der Waals surface area contributed by atoms with Crippen LogP contribution >= 0.6 is 11.8 Å². The molecule has 1 unspecified atom stereocenters. The molecule has 1 fully saturated rings. The summed E-state index contributed by atoms with van der Waals surface area (Å²) in [5, 5.41) is 12.2. The Labute approximate surface area is 152 Å². The van der Waals surface area contributed by atoms with E-state index >= 15 is 0 Å². The van der Waals surface area contributed by atoms with Gasteiger partial charge in [-0.2, -0.15) is 0 Å². The van der Waals surface area contributed by atoms with E-state index < -0.39 is 0 Å². The van der Waals surface area contributed by atoms with E-state index in [1.54, 1.807) is 4.68 Å². The van der Waals surface area contributed by atoms with Crippen molar-refractivity contribution >= 4 is 23.4 Å². The Morgan fingerprint density at radius 1 is 1.08 bits per heavy atom. The average Bonchev–Trinajstić information content (AvgIpc) is 3.10. The number of thioether (sulfide) groups is 1. The molecule has 0 saturated carbocycles. The van der Waals surface area contributed by atoms with Gasteiger partial charge in [-0.3, -0.25) is 4.79 Å². The number of para-hydroxylation sites is 1. The molecule has 1 atom stereocenters. The summed E-state index contributed by atoms with van der Waals surface area (Å²) in [4.78, 5) is 17.0. The third kappa shape index (κ3) is 4.12. The van der Waals surface area contributed by atoms with Crippen LogP contribution in [0, 0.1) is 0 Å². The minimum Gasteiger partial charge on any atom is -0.368 e.